The van der Waals surface area contributed by atoms with Gasteiger partial charge in [-0.25, -0.2) is 13.1 Å². The van der Waals surface area contributed by atoms with E-state index in [0.717, 1.165) is 21.9 Å². The third-order valence-corrected chi connectivity index (χ3v) is 5.79. The van der Waals surface area contributed by atoms with Gasteiger partial charge in [-0.15, -0.1) is 0 Å². The van der Waals surface area contributed by atoms with E-state index in [-0.39, 0.29) is 10.9 Å². The van der Waals surface area contributed by atoms with Gasteiger partial charge in [-0.05, 0) is 47.9 Å². The maximum absolute atomic E-state index is 12.9. The van der Waals surface area contributed by atoms with Gasteiger partial charge in [0.1, 0.15) is 10.6 Å². The standard InChI is InChI=1S/C20H21NO3S/c1-14-11-12-19(24-3)20(13-14)25(22,23)21-15(2)17-10-6-8-16-7-4-5-9-18(16)17/h4-13,15,21H,1-3H3/t15-/m1/s1. The summed E-state index contributed by atoms with van der Waals surface area (Å²) in [5.74, 6) is 0.336. The number of methoxy groups -OCH3 is 1. The third kappa shape index (κ3) is 3.52. The number of ether oxygens (including phenoxy) is 1. The van der Waals surface area contributed by atoms with E-state index in [1.54, 1.807) is 12.1 Å². The molecule has 130 valence electrons. The maximum Gasteiger partial charge on any atom is 0.244 e. The predicted octanol–water partition coefficient (Wildman–Crippen LogP) is 4.20. The Kier molecular flexibility index (Phi) is 4.79. The molecule has 3 aromatic carbocycles. The van der Waals surface area contributed by atoms with E-state index < -0.39 is 10.0 Å². The third-order valence-electron chi connectivity index (χ3n) is 4.23. The highest BCUT2D eigenvalue weighted by molar-refractivity contribution is 7.89. The van der Waals surface area contributed by atoms with E-state index in [1.165, 1.54) is 7.11 Å². The minimum Gasteiger partial charge on any atom is -0.495 e. The van der Waals surface area contributed by atoms with Crippen LogP contribution in [0.15, 0.2) is 65.6 Å². The highest BCUT2D eigenvalue weighted by Gasteiger charge is 2.23. The number of hydrogen-bond acceptors (Lipinski definition) is 3. The zero-order valence-corrected chi connectivity index (χ0v) is 15.3. The smallest absolute Gasteiger partial charge is 0.244 e. The Morgan fingerprint density at radius 3 is 2.48 bits per heavy atom. The van der Waals surface area contributed by atoms with Crippen molar-refractivity contribution in [2.45, 2.75) is 24.8 Å². The van der Waals surface area contributed by atoms with Crippen molar-refractivity contribution in [3.05, 3.63) is 71.8 Å². The molecule has 0 aromatic heterocycles. The van der Waals surface area contributed by atoms with Gasteiger partial charge in [-0.2, -0.15) is 0 Å². The Morgan fingerprint density at radius 1 is 1.00 bits per heavy atom. The average molecular weight is 355 g/mol. The Hall–Kier alpha value is -2.37. The Balaban J connectivity index is 1.99. The number of nitrogens with one attached hydrogen (secondary N) is 1. The van der Waals surface area contributed by atoms with Crippen LogP contribution in [0.1, 0.15) is 24.1 Å². The lowest BCUT2D eigenvalue weighted by molar-refractivity contribution is 0.402. The van der Waals surface area contributed by atoms with Crippen molar-refractivity contribution in [3.8, 4) is 5.75 Å². The van der Waals surface area contributed by atoms with Crippen LogP contribution in [-0.4, -0.2) is 15.5 Å². The molecule has 0 unspecified atom stereocenters. The summed E-state index contributed by atoms with van der Waals surface area (Å²) in [7, 11) is -2.25. The minimum atomic E-state index is -3.72. The number of sulfonamides is 1. The second-order valence-electron chi connectivity index (χ2n) is 6.07. The molecular weight excluding hydrogens is 334 g/mol. The molecule has 1 N–H and O–H groups in total. The van der Waals surface area contributed by atoms with Gasteiger partial charge >= 0.3 is 0 Å². The summed E-state index contributed by atoms with van der Waals surface area (Å²) in [4.78, 5) is 0.155. The summed E-state index contributed by atoms with van der Waals surface area (Å²) in [5.41, 5.74) is 1.80. The van der Waals surface area contributed by atoms with Crippen LogP contribution in [0.25, 0.3) is 10.8 Å². The quantitative estimate of drug-likeness (QED) is 0.746. The molecule has 3 rings (SSSR count). The maximum atomic E-state index is 12.9. The molecule has 0 bridgehead atoms. The molecule has 0 aliphatic heterocycles. The summed E-state index contributed by atoms with van der Waals surface area (Å²) in [6.07, 6.45) is 0. The molecule has 4 nitrogen and oxygen atoms in total. The van der Waals surface area contributed by atoms with E-state index in [0.29, 0.717) is 5.75 Å². The van der Waals surface area contributed by atoms with E-state index in [9.17, 15) is 8.42 Å². The molecule has 0 aliphatic carbocycles. The van der Waals surface area contributed by atoms with Crippen LogP contribution in [0.4, 0.5) is 0 Å². The SMILES string of the molecule is COc1ccc(C)cc1S(=O)(=O)N[C@H](C)c1cccc2ccccc12. The molecule has 0 amide bonds. The first kappa shape index (κ1) is 17.5. The zero-order valence-electron chi connectivity index (χ0n) is 14.5. The van der Waals surface area contributed by atoms with Crippen molar-refractivity contribution in [2.24, 2.45) is 0 Å². The van der Waals surface area contributed by atoms with Crippen LogP contribution in [-0.2, 0) is 10.0 Å². The lowest BCUT2D eigenvalue weighted by atomic mass is 10.0. The van der Waals surface area contributed by atoms with Gasteiger partial charge in [0, 0.05) is 6.04 Å². The zero-order chi connectivity index (χ0) is 18.0. The number of aryl methyl sites for hydroxylation is 1. The summed E-state index contributed by atoms with van der Waals surface area (Å²) < 4.78 is 33.8. The Labute approximate surface area is 148 Å². The summed E-state index contributed by atoms with van der Waals surface area (Å²) in [6, 6.07) is 18.6. The van der Waals surface area contributed by atoms with Gasteiger partial charge in [0.2, 0.25) is 10.0 Å². The molecule has 25 heavy (non-hydrogen) atoms. The fourth-order valence-corrected chi connectivity index (χ4v) is 4.46. The summed E-state index contributed by atoms with van der Waals surface area (Å²) in [6.45, 7) is 3.70. The van der Waals surface area contributed by atoms with Crippen molar-refractivity contribution in [1.82, 2.24) is 4.72 Å². The predicted molar refractivity (Wildman–Crippen MR) is 100 cm³/mol. The van der Waals surface area contributed by atoms with Crippen molar-refractivity contribution in [1.29, 1.82) is 0 Å². The summed E-state index contributed by atoms with van der Waals surface area (Å²) in [5, 5.41) is 2.12. The highest BCUT2D eigenvalue weighted by atomic mass is 32.2. The van der Waals surface area contributed by atoms with E-state index in [4.69, 9.17) is 4.74 Å². The molecule has 0 heterocycles. The van der Waals surface area contributed by atoms with Crippen molar-refractivity contribution in [2.75, 3.05) is 7.11 Å². The van der Waals surface area contributed by atoms with Gasteiger partial charge < -0.3 is 4.74 Å². The van der Waals surface area contributed by atoms with Crippen LogP contribution in [0.2, 0.25) is 0 Å². The number of rotatable bonds is 5. The number of benzene rings is 3. The normalized spacial score (nSPS) is 12.9. The first-order valence-electron chi connectivity index (χ1n) is 8.07. The van der Waals surface area contributed by atoms with Crippen LogP contribution >= 0.6 is 0 Å². The lowest BCUT2D eigenvalue weighted by Crippen LogP contribution is -2.27. The van der Waals surface area contributed by atoms with Gasteiger partial charge in [0.25, 0.3) is 0 Å². The molecule has 0 spiro atoms. The van der Waals surface area contributed by atoms with Crippen LogP contribution < -0.4 is 9.46 Å². The van der Waals surface area contributed by atoms with Gasteiger partial charge in [0.05, 0.1) is 7.11 Å². The number of hydrogen-bond donors (Lipinski definition) is 1. The molecule has 3 aromatic rings. The van der Waals surface area contributed by atoms with E-state index in [1.807, 2.05) is 62.4 Å². The Bertz CT molecular complexity index is 1010. The topological polar surface area (TPSA) is 55.4 Å². The largest absolute Gasteiger partial charge is 0.495 e. The first-order valence-corrected chi connectivity index (χ1v) is 9.55. The monoisotopic (exact) mass is 355 g/mol. The first-order chi connectivity index (χ1) is 11.9. The average Bonchev–Trinajstić information content (AvgIpc) is 2.60. The van der Waals surface area contributed by atoms with Crippen molar-refractivity contribution >= 4 is 20.8 Å². The van der Waals surface area contributed by atoms with Crippen LogP contribution in [0.3, 0.4) is 0 Å². The van der Waals surface area contributed by atoms with Gasteiger partial charge in [-0.1, -0.05) is 48.5 Å². The fourth-order valence-electron chi connectivity index (χ4n) is 2.98. The lowest BCUT2D eigenvalue weighted by Gasteiger charge is -2.18. The molecule has 0 fully saturated rings. The summed E-state index contributed by atoms with van der Waals surface area (Å²) >= 11 is 0. The molecule has 0 saturated heterocycles. The molecule has 1 atom stereocenters. The van der Waals surface area contributed by atoms with Gasteiger partial charge in [-0.3, -0.25) is 0 Å². The van der Waals surface area contributed by atoms with Crippen molar-refractivity contribution < 1.29 is 13.2 Å². The van der Waals surface area contributed by atoms with Crippen LogP contribution in [0, 0.1) is 6.92 Å². The molecular formula is C20H21NO3S. The van der Waals surface area contributed by atoms with E-state index >= 15 is 0 Å². The van der Waals surface area contributed by atoms with E-state index in [2.05, 4.69) is 4.72 Å². The van der Waals surface area contributed by atoms with Crippen molar-refractivity contribution in [3.63, 3.8) is 0 Å². The molecule has 5 heteroatoms. The number of fused-ring (bicyclic) bond motifs is 1. The minimum absolute atomic E-state index is 0.155. The highest BCUT2D eigenvalue weighted by Crippen LogP contribution is 2.28. The molecule has 0 saturated carbocycles. The van der Waals surface area contributed by atoms with Crippen LogP contribution in [0.5, 0.6) is 5.75 Å². The second kappa shape index (κ2) is 6.86. The molecule has 0 aliphatic rings. The van der Waals surface area contributed by atoms with Gasteiger partial charge in [0.15, 0.2) is 0 Å². The molecule has 0 radical (unpaired) electrons. The fraction of sp³-hybridized carbons (Fsp3) is 0.200. The Morgan fingerprint density at radius 2 is 1.72 bits per heavy atom. The second-order valence-corrected chi connectivity index (χ2v) is 7.75.